The average molecular weight is 850 g/mol. The molecule has 49 heavy (non-hydrogen) atoms. The zero-order chi connectivity index (χ0) is 37.2. The summed E-state index contributed by atoms with van der Waals surface area (Å²) in [5.74, 6) is -2.99. The number of alkyl halides is 14. The largest absolute Gasteiger partial charge is 0.416 e. The molecule has 0 saturated carbocycles. The van der Waals surface area contributed by atoms with Crippen LogP contribution < -0.4 is 0 Å². The molecule has 2 aromatic carbocycles. The van der Waals surface area contributed by atoms with E-state index in [9.17, 15) is 67.1 Å². The molecule has 0 bridgehead atoms. The van der Waals surface area contributed by atoms with Gasteiger partial charge in [-0.1, -0.05) is 31.9 Å². The van der Waals surface area contributed by atoms with Crippen molar-refractivity contribution in [3.8, 4) is 0 Å². The Morgan fingerprint density at radius 3 is 1.02 bits per heavy atom. The fourth-order valence-electron chi connectivity index (χ4n) is 5.36. The molecule has 4 amide bonds. The quantitative estimate of drug-likeness (QED) is 0.0926. The number of halogens is 14. The van der Waals surface area contributed by atoms with Crippen LogP contribution in [0.5, 0.6) is 0 Å². The van der Waals surface area contributed by atoms with Crippen LogP contribution in [0.25, 0.3) is 0 Å². The van der Waals surface area contributed by atoms with Gasteiger partial charge >= 0.3 is 30.7 Å². The van der Waals surface area contributed by atoms with E-state index in [0.717, 1.165) is 0 Å². The second kappa shape index (κ2) is 15.2. The van der Waals surface area contributed by atoms with E-state index in [4.69, 9.17) is 0 Å². The first kappa shape index (κ1) is 40.6. The summed E-state index contributed by atoms with van der Waals surface area (Å²) in [6.07, 6.45) is -23.4. The van der Waals surface area contributed by atoms with E-state index < -0.39 is 107 Å². The van der Waals surface area contributed by atoms with Crippen LogP contribution in [0.4, 0.5) is 57.5 Å². The summed E-state index contributed by atoms with van der Waals surface area (Å²) in [7, 11) is 0. The molecule has 1 fully saturated rings. The van der Waals surface area contributed by atoms with Gasteiger partial charge in [-0.3, -0.25) is 19.4 Å². The molecule has 1 aliphatic heterocycles. The Balaban J connectivity index is 2.39. The first-order valence-corrected chi connectivity index (χ1v) is 16.6. The average Bonchev–Trinajstić information content (AvgIpc) is 2.97. The molecule has 0 atom stereocenters. The van der Waals surface area contributed by atoms with Crippen molar-refractivity contribution in [1.29, 1.82) is 0 Å². The van der Waals surface area contributed by atoms with Crippen LogP contribution in [-0.2, 0) is 47.1 Å². The third-order valence-corrected chi connectivity index (χ3v) is 8.73. The lowest BCUT2D eigenvalue weighted by Crippen LogP contribution is -2.66. The van der Waals surface area contributed by atoms with Crippen molar-refractivity contribution in [3.63, 3.8) is 0 Å². The predicted molar refractivity (Wildman–Crippen MR) is 158 cm³/mol. The minimum Gasteiger partial charge on any atom is -0.273 e. The van der Waals surface area contributed by atoms with Crippen LogP contribution >= 0.6 is 31.9 Å². The van der Waals surface area contributed by atoms with Crippen molar-refractivity contribution < 1.29 is 67.1 Å². The number of carbonyl (C=O) groups excluding carboxylic acids is 3. The first-order valence-electron chi connectivity index (χ1n) is 14.3. The lowest BCUT2D eigenvalue weighted by Gasteiger charge is -2.44. The fraction of sp³-hybridized carbons (Fsp3) is 0.500. The molecule has 3 rings (SSSR count). The minimum atomic E-state index is -5.38. The normalized spacial score (nSPS) is 16.2. The number of benzene rings is 2. The molecule has 0 aliphatic carbocycles. The molecule has 0 aromatic heterocycles. The summed E-state index contributed by atoms with van der Waals surface area (Å²) in [6, 6.07) is -0.860. The maximum absolute atomic E-state index is 14.2. The van der Waals surface area contributed by atoms with Gasteiger partial charge in [0.25, 0.3) is 0 Å². The van der Waals surface area contributed by atoms with Gasteiger partial charge in [0.15, 0.2) is 0 Å². The van der Waals surface area contributed by atoms with Gasteiger partial charge in [-0.25, -0.2) is 4.79 Å². The number of urea groups is 1. The number of hydrogen-bond donors (Lipinski definition) is 0. The van der Waals surface area contributed by atoms with Crippen LogP contribution in [0.3, 0.4) is 0 Å². The number of nitrogens with zero attached hydrogens (tertiary/aromatic N) is 2. The van der Waals surface area contributed by atoms with Crippen molar-refractivity contribution in [2.45, 2.75) is 63.2 Å². The Hall–Kier alpha value is -2.83. The summed E-state index contributed by atoms with van der Waals surface area (Å²) in [5.41, 5.74) is -12.2. The van der Waals surface area contributed by atoms with Gasteiger partial charge in [0.05, 0.1) is 22.3 Å². The summed E-state index contributed by atoms with van der Waals surface area (Å²) < 4.78 is 165. The number of rotatable bonds is 12. The van der Waals surface area contributed by atoms with Gasteiger partial charge in [0.1, 0.15) is 5.41 Å². The number of barbiturate groups is 1. The lowest BCUT2D eigenvalue weighted by molar-refractivity contribution is -0.159. The standard InChI is InChI=1S/C30H26Br2F12N2O3/c31-5-1-3-7-45-23(47)26(24(48)46(25(45)49)8-4-2-6-32,15-17-9-19(27(33,34)35)13-20(10-17)28(36,37)38)16-18-11-21(29(39,40)41)14-22(12-18)30(42,43)44/h9-14H,1-8,15-16H2. The number of hydrogen-bond acceptors (Lipinski definition) is 3. The van der Waals surface area contributed by atoms with Crippen molar-refractivity contribution in [2.75, 3.05) is 23.7 Å². The van der Waals surface area contributed by atoms with E-state index in [1.807, 2.05) is 0 Å². The number of carbonyl (C=O) groups is 3. The fourth-order valence-corrected chi connectivity index (χ4v) is 6.15. The third-order valence-electron chi connectivity index (χ3n) is 7.61. The summed E-state index contributed by atoms with van der Waals surface area (Å²) >= 11 is 6.29. The van der Waals surface area contributed by atoms with Gasteiger partial charge in [-0.15, -0.1) is 0 Å². The Labute approximate surface area is 288 Å². The monoisotopic (exact) mass is 848 g/mol. The van der Waals surface area contributed by atoms with Crippen molar-refractivity contribution in [1.82, 2.24) is 9.80 Å². The zero-order valence-corrected chi connectivity index (χ0v) is 28.1. The number of unbranched alkanes of at least 4 members (excludes halogenated alkanes) is 2. The topological polar surface area (TPSA) is 57.7 Å². The number of imide groups is 2. The van der Waals surface area contributed by atoms with E-state index in [2.05, 4.69) is 31.9 Å². The van der Waals surface area contributed by atoms with E-state index in [-0.39, 0.29) is 49.2 Å². The SMILES string of the molecule is O=C1N(CCCCBr)C(=O)C(Cc2cc(C(F)(F)F)cc(C(F)(F)F)c2)(Cc2cc(C(F)(F)F)cc(C(F)(F)F)c2)C(=O)N1CCCCBr. The zero-order valence-electron chi connectivity index (χ0n) is 24.9. The third kappa shape index (κ3) is 9.70. The van der Waals surface area contributed by atoms with E-state index in [1.54, 1.807) is 0 Å². The highest BCUT2D eigenvalue weighted by atomic mass is 79.9. The summed E-state index contributed by atoms with van der Waals surface area (Å²) in [6.45, 7) is -0.861. The lowest BCUT2D eigenvalue weighted by atomic mass is 9.72. The van der Waals surface area contributed by atoms with Crippen LogP contribution in [-0.4, -0.2) is 51.4 Å². The smallest absolute Gasteiger partial charge is 0.273 e. The Bertz CT molecular complexity index is 1360. The van der Waals surface area contributed by atoms with Crippen LogP contribution in [0, 0.1) is 5.41 Å². The van der Waals surface area contributed by atoms with Crippen molar-refractivity contribution >= 4 is 49.7 Å². The van der Waals surface area contributed by atoms with E-state index in [0.29, 0.717) is 33.3 Å². The maximum Gasteiger partial charge on any atom is 0.416 e. The molecule has 0 unspecified atom stereocenters. The highest BCUT2D eigenvalue weighted by molar-refractivity contribution is 9.09. The molecule has 19 heteroatoms. The Morgan fingerprint density at radius 1 is 0.490 bits per heavy atom. The summed E-state index contributed by atoms with van der Waals surface area (Å²) in [5, 5.41) is 0.717. The molecule has 5 nitrogen and oxygen atoms in total. The molecule has 2 aromatic rings. The van der Waals surface area contributed by atoms with Gasteiger partial charge in [-0.2, -0.15) is 52.7 Å². The number of amides is 4. The Morgan fingerprint density at radius 2 is 0.776 bits per heavy atom. The molecule has 0 N–H and O–H groups in total. The molecule has 1 heterocycles. The molecule has 1 saturated heterocycles. The van der Waals surface area contributed by atoms with Crippen LogP contribution in [0.15, 0.2) is 36.4 Å². The van der Waals surface area contributed by atoms with Gasteiger partial charge in [-0.05, 0) is 86.1 Å². The van der Waals surface area contributed by atoms with Gasteiger partial charge in [0, 0.05) is 23.7 Å². The van der Waals surface area contributed by atoms with Gasteiger partial charge < -0.3 is 0 Å². The van der Waals surface area contributed by atoms with Crippen LogP contribution in [0.2, 0.25) is 0 Å². The van der Waals surface area contributed by atoms with E-state index in [1.165, 1.54) is 0 Å². The molecular formula is C30H26Br2F12N2O3. The highest BCUT2D eigenvalue weighted by Crippen LogP contribution is 2.43. The minimum absolute atomic E-state index is 0.0752. The maximum atomic E-state index is 14.2. The summed E-state index contributed by atoms with van der Waals surface area (Å²) in [4.78, 5) is 42.9. The Kier molecular flexibility index (Phi) is 12.6. The van der Waals surface area contributed by atoms with Gasteiger partial charge in [0.2, 0.25) is 11.8 Å². The highest BCUT2D eigenvalue weighted by Gasteiger charge is 2.57. The van der Waals surface area contributed by atoms with Crippen molar-refractivity contribution in [3.05, 3.63) is 69.8 Å². The molecule has 0 radical (unpaired) electrons. The second-order valence-corrected chi connectivity index (χ2v) is 12.8. The van der Waals surface area contributed by atoms with Crippen LogP contribution in [0.1, 0.15) is 59.1 Å². The molecule has 272 valence electrons. The second-order valence-electron chi connectivity index (χ2n) is 11.3. The first-order chi connectivity index (χ1) is 22.5. The molecular weight excluding hydrogens is 824 g/mol. The van der Waals surface area contributed by atoms with Crippen molar-refractivity contribution in [2.24, 2.45) is 5.41 Å². The molecule has 1 aliphatic rings. The predicted octanol–water partition coefficient (Wildman–Crippen LogP) is 9.67. The van der Waals surface area contributed by atoms with E-state index >= 15 is 0 Å². The molecule has 0 spiro atoms.